The van der Waals surface area contributed by atoms with Crippen LogP contribution in [0.15, 0.2) is 67.7 Å². The van der Waals surface area contributed by atoms with Gasteiger partial charge in [0.25, 0.3) is 0 Å². The van der Waals surface area contributed by atoms with Crippen LogP contribution in [0.5, 0.6) is 5.75 Å². The second kappa shape index (κ2) is 9.36. The van der Waals surface area contributed by atoms with Crippen molar-refractivity contribution in [2.75, 3.05) is 6.61 Å². The van der Waals surface area contributed by atoms with Gasteiger partial charge in [-0.15, -0.1) is 0 Å². The normalized spacial score (nSPS) is 15.1. The van der Waals surface area contributed by atoms with Crippen LogP contribution in [-0.4, -0.2) is 18.5 Å². The van der Waals surface area contributed by atoms with Crippen molar-refractivity contribution >= 4 is 51.1 Å². The van der Waals surface area contributed by atoms with Crippen LogP contribution in [0.1, 0.15) is 29.5 Å². The minimum absolute atomic E-state index is 0.207. The number of hydrogen-bond acceptors (Lipinski definition) is 3. The molecule has 1 aliphatic rings. The first-order chi connectivity index (χ1) is 12.6. The summed E-state index contributed by atoms with van der Waals surface area (Å²) >= 11 is 14.8. The zero-order valence-electron chi connectivity index (χ0n) is 14.0. The van der Waals surface area contributed by atoms with E-state index in [0.29, 0.717) is 6.61 Å². The van der Waals surface area contributed by atoms with Crippen LogP contribution in [0.2, 0.25) is 0 Å². The van der Waals surface area contributed by atoms with Gasteiger partial charge in [0, 0.05) is 21.2 Å². The van der Waals surface area contributed by atoms with E-state index in [1.54, 1.807) is 12.3 Å². The Hall–Kier alpha value is -1.62. The fourth-order valence-electron chi connectivity index (χ4n) is 2.84. The highest BCUT2D eigenvalue weighted by Crippen LogP contribution is 2.30. The molecule has 0 N–H and O–H groups in total. The number of rotatable bonds is 5. The number of ether oxygens (including phenoxy) is 1. The molecule has 3 nitrogen and oxygen atoms in total. The molecule has 6 heteroatoms. The Morgan fingerprint density at radius 3 is 2.77 bits per heavy atom. The van der Waals surface area contributed by atoms with E-state index < -0.39 is 0 Å². The third-order valence-electron chi connectivity index (χ3n) is 4.04. The van der Waals surface area contributed by atoms with Crippen molar-refractivity contribution < 1.29 is 4.74 Å². The molecule has 0 unspecified atom stereocenters. The van der Waals surface area contributed by atoms with E-state index >= 15 is 0 Å². The van der Waals surface area contributed by atoms with Gasteiger partial charge in [0.15, 0.2) is 0 Å². The molecular weight excluding hydrogens is 435 g/mol. The summed E-state index contributed by atoms with van der Waals surface area (Å²) < 4.78 is 7.01. The quantitative estimate of drug-likeness (QED) is 0.387. The largest absolute Gasteiger partial charge is 0.489 e. The summed E-state index contributed by atoms with van der Waals surface area (Å²) in [5, 5.41) is 8.75. The first-order valence-corrected chi connectivity index (χ1v) is 9.80. The summed E-state index contributed by atoms with van der Waals surface area (Å²) in [6.45, 7) is 0.339. The Morgan fingerprint density at radius 1 is 1.12 bits per heavy atom. The van der Waals surface area contributed by atoms with E-state index in [1.165, 1.54) is 0 Å². The molecule has 0 aliphatic heterocycles. The van der Waals surface area contributed by atoms with E-state index in [9.17, 15) is 0 Å². The summed E-state index contributed by atoms with van der Waals surface area (Å²) in [4.78, 5) is 0. The van der Waals surface area contributed by atoms with Gasteiger partial charge in [-0.3, -0.25) is 0 Å². The molecule has 3 rings (SSSR count). The summed E-state index contributed by atoms with van der Waals surface area (Å²) in [5.41, 5.74) is 4.23. The smallest absolute Gasteiger partial charge is 0.123 e. The van der Waals surface area contributed by atoms with Gasteiger partial charge in [-0.1, -0.05) is 69.5 Å². The molecule has 2 aromatic carbocycles. The maximum absolute atomic E-state index is 5.81. The van der Waals surface area contributed by atoms with Crippen molar-refractivity contribution in [1.82, 2.24) is 0 Å². The Balaban J connectivity index is 1.82. The Bertz CT molecular complexity index is 874. The van der Waals surface area contributed by atoms with E-state index in [4.69, 9.17) is 27.9 Å². The molecule has 0 amide bonds. The zero-order chi connectivity index (χ0) is 18.4. The number of hydrogen-bond donors (Lipinski definition) is 0. The molecule has 0 aromatic heterocycles. The van der Waals surface area contributed by atoms with Crippen LogP contribution in [-0.2, 0) is 6.42 Å². The van der Waals surface area contributed by atoms with Crippen LogP contribution in [0.25, 0.3) is 0 Å². The van der Waals surface area contributed by atoms with Gasteiger partial charge in [0.1, 0.15) is 16.8 Å². The first kappa shape index (κ1) is 19.2. The van der Waals surface area contributed by atoms with Gasteiger partial charge in [0.05, 0.1) is 11.9 Å². The van der Waals surface area contributed by atoms with Gasteiger partial charge in [-0.25, -0.2) is 0 Å². The second-order valence-corrected chi connectivity index (χ2v) is 7.62. The number of benzene rings is 2. The molecule has 26 heavy (non-hydrogen) atoms. The number of halogens is 3. The topological polar surface area (TPSA) is 34.0 Å². The molecule has 0 bridgehead atoms. The Kier molecular flexibility index (Phi) is 6.89. The van der Waals surface area contributed by atoms with Crippen molar-refractivity contribution in [2.45, 2.75) is 19.3 Å². The molecular formula is C20H17BrCl2N2O. The lowest BCUT2D eigenvalue weighted by atomic mass is 9.89. The molecule has 0 atom stereocenters. The van der Waals surface area contributed by atoms with Crippen LogP contribution >= 0.6 is 39.1 Å². The van der Waals surface area contributed by atoms with E-state index in [-0.39, 0.29) is 4.49 Å². The van der Waals surface area contributed by atoms with Gasteiger partial charge in [-0.2, -0.15) is 10.2 Å². The highest BCUT2D eigenvalue weighted by Gasteiger charge is 2.19. The Morgan fingerprint density at radius 2 is 1.96 bits per heavy atom. The maximum Gasteiger partial charge on any atom is 0.123 e. The molecule has 134 valence electrons. The van der Waals surface area contributed by atoms with Gasteiger partial charge < -0.3 is 4.74 Å². The average Bonchev–Trinajstić information content (AvgIpc) is 2.63. The summed E-state index contributed by atoms with van der Waals surface area (Å²) in [6.07, 6.45) is 6.26. The van der Waals surface area contributed by atoms with Crippen LogP contribution in [0.4, 0.5) is 0 Å². The second-order valence-electron chi connectivity index (χ2n) is 5.75. The summed E-state index contributed by atoms with van der Waals surface area (Å²) in [5.74, 6) is 0.843. The minimum Gasteiger partial charge on any atom is -0.489 e. The lowest BCUT2D eigenvalue weighted by molar-refractivity contribution is 0.358. The summed E-state index contributed by atoms with van der Waals surface area (Å²) in [7, 11) is 0. The first-order valence-electron chi connectivity index (χ1n) is 8.26. The highest BCUT2D eigenvalue weighted by atomic mass is 79.9. The van der Waals surface area contributed by atoms with Crippen LogP contribution in [0, 0.1) is 0 Å². The Labute approximate surface area is 171 Å². The molecule has 0 radical (unpaired) electrons. The highest BCUT2D eigenvalue weighted by molar-refractivity contribution is 9.10. The average molecular weight is 452 g/mol. The van der Waals surface area contributed by atoms with Crippen LogP contribution < -0.4 is 4.74 Å². The lowest BCUT2D eigenvalue weighted by Gasteiger charge is -2.20. The van der Waals surface area contributed by atoms with Gasteiger partial charge in [-0.05, 0) is 37.5 Å². The summed E-state index contributed by atoms with van der Waals surface area (Å²) in [6, 6.07) is 13.9. The fourth-order valence-corrected chi connectivity index (χ4v) is 3.35. The predicted octanol–water partition coefficient (Wildman–Crippen LogP) is 6.31. The zero-order valence-corrected chi connectivity index (χ0v) is 17.1. The predicted molar refractivity (Wildman–Crippen MR) is 113 cm³/mol. The number of nitrogens with zero attached hydrogens (tertiary/aromatic N) is 2. The van der Waals surface area contributed by atoms with Crippen molar-refractivity contribution in [2.24, 2.45) is 10.2 Å². The molecule has 0 spiro atoms. The molecule has 2 aromatic rings. The van der Waals surface area contributed by atoms with E-state index in [2.05, 4.69) is 32.2 Å². The fraction of sp³-hybridized carbons (Fsp3) is 0.200. The molecule has 1 aliphatic carbocycles. The minimum atomic E-state index is 0.207. The van der Waals surface area contributed by atoms with Crippen LogP contribution in [0.3, 0.4) is 0 Å². The monoisotopic (exact) mass is 450 g/mol. The van der Waals surface area contributed by atoms with Crippen molar-refractivity contribution in [1.29, 1.82) is 0 Å². The van der Waals surface area contributed by atoms with Gasteiger partial charge >= 0.3 is 0 Å². The van der Waals surface area contributed by atoms with E-state index in [0.717, 1.165) is 51.9 Å². The van der Waals surface area contributed by atoms with E-state index in [1.807, 2.05) is 36.4 Å². The SMILES string of the molecule is ClC(Cl)=CCOc1cccc2c1CCC/C2=N\N=C\c1ccccc1Br. The van der Waals surface area contributed by atoms with Crippen molar-refractivity contribution in [3.8, 4) is 5.75 Å². The maximum atomic E-state index is 5.81. The third-order valence-corrected chi connectivity index (χ3v) is 5.07. The number of fused-ring (bicyclic) bond motifs is 1. The molecule has 0 saturated heterocycles. The molecule has 0 saturated carbocycles. The third kappa shape index (κ3) is 4.97. The standard InChI is InChI=1S/C20H17BrCl2N2O/c21-17-8-2-1-5-14(17)13-24-25-18-9-3-7-16-15(18)6-4-10-19(16)26-12-11-20(22)23/h1-2,4-6,8,10-11,13H,3,7,9,12H2/b24-13+,25-18+. The van der Waals surface area contributed by atoms with Gasteiger partial charge in [0.2, 0.25) is 0 Å². The molecule has 0 fully saturated rings. The lowest BCUT2D eigenvalue weighted by Crippen LogP contribution is -2.13. The molecule has 0 heterocycles. The van der Waals surface area contributed by atoms with Crippen molar-refractivity contribution in [3.05, 3.63) is 74.2 Å². The van der Waals surface area contributed by atoms with Crippen molar-refractivity contribution in [3.63, 3.8) is 0 Å².